The van der Waals surface area contributed by atoms with Gasteiger partial charge in [-0.1, -0.05) is 6.92 Å². The highest BCUT2D eigenvalue weighted by Crippen LogP contribution is 2.17. The van der Waals surface area contributed by atoms with Crippen LogP contribution in [0.4, 0.5) is 11.6 Å². The van der Waals surface area contributed by atoms with E-state index in [1.807, 2.05) is 18.0 Å². The van der Waals surface area contributed by atoms with E-state index in [2.05, 4.69) is 27.5 Å². The van der Waals surface area contributed by atoms with Gasteiger partial charge in [0.2, 0.25) is 5.91 Å². The van der Waals surface area contributed by atoms with E-state index in [0.29, 0.717) is 13.1 Å². The molecule has 98 valence electrons. The number of nitrogens with one attached hydrogen (secondary N) is 2. The van der Waals surface area contributed by atoms with E-state index in [0.717, 1.165) is 36.8 Å². The van der Waals surface area contributed by atoms with E-state index < -0.39 is 0 Å². The average molecular weight is 249 g/mol. The zero-order valence-corrected chi connectivity index (χ0v) is 10.9. The Balaban J connectivity index is 2.24. The van der Waals surface area contributed by atoms with Crippen molar-refractivity contribution in [2.75, 3.05) is 36.9 Å². The van der Waals surface area contributed by atoms with Crippen LogP contribution in [-0.2, 0) is 11.2 Å². The molecule has 2 rings (SSSR count). The molecule has 0 aliphatic carbocycles. The maximum absolute atomic E-state index is 11.4. The minimum Gasteiger partial charge on any atom is -0.373 e. The number of aryl methyl sites for hydroxylation is 1. The second kappa shape index (κ2) is 5.66. The highest BCUT2D eigenvalue weighted by atomic mass is 16.2. The lowest BCUT2D eigenvalue weighted by Crippen LogP contribution is -2.48. The molecule has 18 heavy (non-hydrogen) atoms. The highest BCUT2D eigenvalue weighted by molar-refractivity contribution is 5.82. The lowest BCUT2D eigenvalue weighted by molar-refractivity contribution is -0.120. The van der Waals surface area contributed by atoms with Crippen LogP contribution >= 0.6 is 0 Å². The lowest BCUT2D eigenvalue weighted by atomic mass is 10.3. The van der Waals surface area contributed by atoms with Gasteiger partial charge < -0.3 is 15.5 Å². The van der Waals surface area contributed by atoms with Crippen molar-refractivity contribution >= 4 is 17.5 Å². The molecule has 0 saturated carbocycles. The van der Waals surface area contributed by atoms with Gasteiger partial charge in [-0.2, -0.15) is 0 Å². The van der Waals surface area contributed by atoms with E-state index in [-0.39, 0.29) is 5.91 Å². The van der Waals surface area contributed by atoms with Gasteiger partial charge in [-0.05, 0) is 6.42 Å². The Morgan fingerprint density at radius 3 is 3.00 bits per heavy atom. The van der Waals surface area contributed by atoms with Crippen molar-refractivity contribution in [2.24, 2.45) is 0 Å². The molecule has 0 unspecified atom stereocenters. The minimum absolute atomic E-state index is 0.0444. The van der Waals surface area contributed by atoms with Gasteiger partial charge in [0.05, 0.1) is 6.54 Å². The minimum atomic E-state index is 0.0444. The van der Waals surface area contributed by atoms with Crippen LogP contribution in [0, 0.1) is 0 Å². The molecule has 0 atom stereocenters. The summed E-state index contributed by atoms with van der Waals surface area (Å²) >= 11 is 0. The standard InChI is InChI=1S/C12H19N5O/c1-3-4-9-15-10(13-2)7-11(16-9)17-6-5-14-12(18)8-17/h7H,3-6,8H2,1-2H3,(H,14,18)(H,13,15,16). The first-order chi connectivity index (χ1) is 8.72. The van der Waals surface area contributed by atoms with Crippen LogP contribution in [0.5, 0.6) is 0 Å². The Morgan fingerprint density at radius 2 is 2.33 bits per heavy atom. The van der Waals surface area contributed by atoms with Crippen molar-refractivity contribution in [1.82, 2.24) is 15.3 Å². The normalized spacial score (nSPS) is 15.4. The van der Waals surface area contributed by atoms with Crippen molar-refractivity contribution in [3.05, 3.63) is 11.9 Å². The summed E-state index contributed by atoms with van der Waals surface area (Å²) in [6.07, 6.45) is 1.86. The molecule has 1 fully saturated rings. The number of piperazine rings is 1. The smallest absolute Gasteiger partial charge is 0.239 e. The molecule has 0 bridgehead atoms. The predicted molar refractivity (Wildman–Crippen MR) is 70.8 cm³/mol. The summed E-state index contributed by atoms with van der Waals surface area (Å²) in [6, 6.07) is 1.89. The summed E-state index contributed by atoms with van der Waals surface area (Å²) in [5.74, 6) is 2.50. The molecular formula is C12H19N5O. The van der Waals surface area contributed by atoms with Gasteiger partial charge in [-0.3, -0.25) is 4.79 Å². The summed E-state index contributed by atoms with van der Waals surface area (Å²) in [6.45, 7) is 3.92. The first-order valence-electron chi connectivity index (χ1n) is 6.30. The molecule has 0 spiro atoms. The fourth-order valence-corrected chi connectivity index (χ4v) is 1.94. The number of amides is 1. The van der Waals surface area contributed by atoms with E-state index in [9.17, 15) is 4.79 Å². The van der Waals surface area contributed by atoms with Crippen molar-refractivity contribution in [1.29, 1.82) is 0 Å². The van der Waals surface area contributed by atoms with E-state index in [4.69, 9.17) is 0 Å². The predicted octanol–water partition coefficient (Wildman–Crippen LogP) is 0.407. The molecular weight excluding hydrogens is 230 g/mol. The monoisotopic (exact) mass is 249 g/mol. The van der Waals surface area contributed by atoms with Crippen LogP contribution < -0.4 is 15.5 Å². The van der Waals surface area contributed by atoms with E-state index in [1.165, 1.54) is 0 Å². The maximum atomic E-state index is 11.4. The number of hydrogen-bond acceptors (Lipinski definition) is 5. The van der Waals surface area contributed by atoms with Crippen molar-refractivity contribution in [2.45, 2.75) is 19.8 Å². The third kappa shape index (κ3) is 2.88. The van der Waals surface area contributed by atoms with Crippen LogP contribution in [0.2, 0.25) is 0 Å². The Morgan fingerprint density at radius 1 is 1.50 bits per heavy atom. The molecule has 1 aliphatic heterocycles. The number of nitrogens with zero attached hydrogens (tertiary/aromatic N) is 3. The largest absolute Gasteiger partial charge is 0.373 e. The number of carbonyl (C=O) groups excluding carboxylic acids is 1. The molecule has 0 aromatic carbocycles. The molecule has 6 heteroatoms. The Labute approximate surface area is 107 Å². The number of hydrogen-bond donors (Lipinski definition) is 2. The summed E-state index contributed by atoms with van der Waals surface area (Å²) in [7, 11) is 1.84. The summed E-state index contributed by atoms with van der Waals surface area (Å²) in [5.41, 5.74) is 0. The zero-order chi connectivity index (χ0) is 13.0. The van der Waals surface area contributed by atoms with Crippen LogP contribution in [0.15, 0.2) is 6.07 Å². The number of rotatable bonds is 4. The van der Waals surface area contributed by atoms with Gasteiger partial charge in [-0.15, -0.1) is 0 Å². The molecule has 1 aromatic rings. The van der Waals surface area contributed by atoms with Gasteiger partial charge in [0.1, 0.15) is 17.5 Å². The molecule has 6 nitrogen and oxygen atoms in total. The molecule has 0 radical (unpaired) electrons. The van der Waals surface area contributed by atoms with Crippen LogP contribution in [0.25, 0.3) is 0 Å². The van der Waals surface area contributed by atoms with Crippen molar-refractivity contribution in [3.8, 4) is 0 Å². The maximum Gasteiger partial charge on any atom is 0.239 e. The molecule has 1 aliphatic rings. The van der Waals surface area contributed by atoms with E-state index in [1.54, 1.807) is 0 Å². The molecule has 1 amide bonds. The van der Waals surface area contributed by atoms with Crippen LogP contribution in [0.3, 0.4) is 0 Å². The topological polar surface area (TPSA) is 70.2 Å². The Kier molecular flexibility index (Phi) is 3.96. The molecule has 1 aromatic heterocycles. The van der Waals surface area contributed by atoms with Gasteiger partial charge in [-0.25, -0.2) is 9.97 Å². The Hall–Kier alpha value is -1.85. The van der Waals surface area contributed by atoms with Crippen LogP contribution in [-0.4, -0.2) is 42.6 Å². The third-order valence-electron chi connectivity index (χ3n) is 2.85. The second-order valence-electron chi connectivity index (χ2n) is 4.30. The van der Waals surface area contributed by atoms with Gasteiger partial charge in [0.15, 0.2) is 0 Å². The summed E-state index contributed by atoms with van der Waals surface area (Å²) in [5, 5.41) is 5.85. The molecule has 2 N–H and O–H groups in total. The number of carbonyl (C=O) groups is 1. The first kappa shape index (κ1) is 12.6. The number of aromatic nitrogens is 2. The fraction of sp³-hybridized carbons (Fsp3) is 0.583. The number of anilines is 2. The highest BCUT2D eigenvalue weighted by Gasteiger charge is 2.18. The lowest BCUT2D eigenvalue weighted by Gasteiger charge is -2.28. The van der Waals surface area contributed by atoms with Gasteiger partial charge in [0, 0.05) is 32.6 Å². The van der Waals surface area contributed by atoms with Crippen LogP contribution in [0.1, 0.15) is 19.2 Å². The van der Waals surface area contributed by atoms with Gasteiger partial charge in [0.25, 0.3) is 0 Å². The SMILES string of the molecule is CCCc1nc(NC)cc(N2CCNC(=O)C2)n1. The molecule has 1 saturated heterocycles. The summed E-state index contributed by atoms with van der Waals surface area (Å²) < 4.78 is 0. The second-order valence-corrected chi connectivity index (χ2v) is 4.30. The Bertz CT molecular complexity index is 434. The summed E-state index contributed by atoms with van der Waals surface area (Å²) in [4.78, 5) is 22.3. The van der Waals surface area contributed by atoms with Gasteiger partial charge >= 0.3 is 0 Å². The van der Waals surface area contributed by atoms with Crippen molar-refractivity contribution < 1.29 is 4.79 Å². The van der Waals surface area contributed by atoms with Crippen molar-refractivity contribution in [3.63, 3.8) is 0 Å². The average Bonchev–Trinajstić information content (AvgIpc) is 2.39. The quantitative estimate of drug-likeness (QED) is 0.808. The zero-order valence-electron chi connectivity index (χ0n) is 10.9. The fourth-order valence-electron chi connectivity index (χ4n) is 1.94. The first-order valence-corrected chi connectivity index (χ1v) is 6.30. The third-order valence-corrected chi connectivity index (χ3v) is 2.85. The van der Waals surface area contributed by atoms with E-state index >= 15 is 0 Å². The molecule has 2 heterocycles.